The molecule has 0 aliphatic heterocycles. The van der Waals surface area contributed by atoms with Crippen LogP contribution in [0.5, 0.6) is 0 Å². The molecule has 1 aromatic rings. The van der Waals surface area contributed by atoms with E-state index in [2.05, 4.69) is 20.8 Å². The molecule has 44 valence electrons. The van der Waals surface area contributed by atoms with Gasteiger partial charge in [-0.2, -0.15) is 0 Å². The first-order valence-electron chi connectivity index (χ1n) is 2.46. The highest BCUT2D eigenvalue weighted by molar-refractivity contribution is 9.10. The van der Waals surface area contributed by atoms with Crippen molar-refractivity contribution in [3.8, 4) is 0 Å². The van der Waals surface area contributed by atoms with Crippen LogP contribution in [0.3, 0.4) is 0 Å². The van der Waals surface area contributed by atoms with Gasteiger partial charge in [0, 0.05) is 4.47 Å². The summed E-state index contributed by atoms with van der Waals surface area (Å²) in [6.07, 6.45) is 0. The molecule has 9 heavy (non-hydrogen) atoms. The third-order valence-corrected chi connectivity index (χ3v) is 1.48. The smallest absolute Gasteiger partial charge is 0.187 e. The van der Waals surface area contributed by atoms with Gasteiger partial charge in [0.2, 0.25) is 0 Å². The van der Waals surface area contributed by atoms with E-state index in [1.54, 1.807) is 12.1 Å². The highest BCUT2D eigenvalue weighted by atomic mass is 79.9. The van der Waals surface area contributed by atoms with Gasteiger partial charge in [0.25, 0.3) is 0 Å². The second-order valence-corrected chi connectivity index (χ2v) is 2.50. The second-order valence-electron chi connectivity index (χ2n) is 1.59. The summed E-state index contributed by atoms with van der Waals surface area (Å²) in [5, 5.41) is 0. The van der Waals surface area contributed by atoms with Crippen LogP contribution >= 0.6 is 15.9 Å². The SMILES string of the molecule is [C-]#[N+]c1ccc(Br)cc1. The molecule has 0 heterocycles. The maximum atomic E-state index is 6.62. The van der Waals surface area contributed by atoms with E-state index in [-0.39, 0.29) is 0 Å². The Balaban J connectivity index is 3.06. The summed E-state index contributed by atoms with van der Waals surface area (Å²) in [7, 11) is 0. The van der Waals surface area contributed by atoms with Gasteiger partial charge in [-0.3, -0.25) is 0 Å². The van der Waals surface area contributed by atoms with Gasteiger partial charge >= 0.3 is 0 Å². The highest BCUT2D eigenvalue weighted by Crippen LogP contribution is 2.15. The van der Waals surface area contributed by atoms with E-state index in [9.17, 15) is 0 Å². The molecule has 0 fully saturated rings. The molecule has 0 amide bonds. The van der Waals surface area contributed by atoms with Gasteiger partial charge < -0.3 is 0 Å². The Morgan fingerprint density at radius 3 is 2.22 bits per heavy atom. The van der Waals surface area contributed by atoms with Gasteiger partial charge in [-0.25, -0.2) is 4.85 Å². The molecule has 0 unspecified atom stereocenters. The van der Waals surface area contributed by atoms with E-state index in [4.69, 9.17) is 6.57 Å². The molecule has 2 heteroatoms. The van der Waals surface area contributed by atoms with Crippen molar-refractivity contribution in [2.75, 3.05) is 0 Å². The van der Waals surface area contributed by atoms with Crippen molar-refractivity contribution in [3.05, 3.63) is 40.2 Å². The van der Waals surface area contributed by atoms with Crippen LogP contribution in [0.2, 0.25) is 0 Å². The summed E-state index contributed by atoms with van der Waals surface area (Å²) in [6.45, 7) is 6.62. The lowest BCUT2D eigenvalue weighted by molar-refractivity contribution is 1.66. The molecule has 0 saturated heterocycles. The highest BCUT2D eigenvalue weighted by Gasteiger charge is 1.86. The van der Waals surface area contributed by atoms with Crippen molar-refractivity contribution >= 4 is 21.6 Å². The molecule has 0 saturated carbocycles. The van der Waals surface area contributed by atoms with Crippen LogP contribution in [0.1, 0.15) is 0 Å². The lowest BCUT2D eigenvalue weighted by Gasteiger charge is -1.86. The number of nitrogens with zero attached hydrogens (tertiary/aromatic N) is 1. The van der Waals surface area contributed by atoms with Crippen LogP contribution < -0.4 is 0 Å². The fourth-order valence-electron chi connectivity index (χ4n) is 0.516. The number of rotatable bonds is 0. The molecule has 1 rings (SSSR count). The van der Waals surface area contributed by atoms with Gasteiger partial charge in [0.1, 0.15) is 0 Å². The maximum Gasteiger partial charge on any atom is 0.187 e. The summed E-state index contributed by atoms with van der Waals surface area (Å²) < 4.78 is 1.01. The average Bonchev–Trinajstić information content (AvgIpc) is 1.90. The van der Waals surface area contributed by atoms with Crippen molar-refractivity contribution in [3.63, 3.8) is 0 Å². The molecular weight excluding hydrogens is 178 g/mol. The van der Waals surface area contributed by atoms with Crippen molar-refractivity contribution in [1.82, 2.24) is 0 Å². The summed E-state index contributed by atoms with van der Waals surface area (Å²) in [4.78, 5) is 3.24. The van der Waals surface area contributed by atoms with Gasteiger partial charge in [-0.05, 0) is 0 Å². The quantitative estimate of drug-likeness (QED) is 0.543. The van der Waals surface area contributed by atoms with Crippen molar-refractivity contribution in [2.45, 2.75) is 0 Å². The van der Waals surface area contributed by atoms with Crippen molar-refractivity contribution in [2.24, 2.45) is 0 Å². The lowest BCUT2D eigenvalue weighted by Crippen LogP contribution is -1.59. The Morgan fingerprint density at radius 2 is 1.78 bits per heavy atom. The van der Waals surface area contributed by atoms with E-state index >= 15 is 0 Å². The predicted molar refractivity (Wildman–Crippen MR) is 40.4 cm³/mol. The zero-order chi connectivity index (χ0) is 6.69. The Morgan fingerprint density at radius 1 is 1.22 bits per heavy atom. The van der Waals surface area contributed by atoms with E-state index in [1.165, 1.54) is 0 Å². The minimum absolute atomic E-state index is 0.679. The van der Waals surface area contributed by atoms with Crippen molar-refractivity contribution < 1.29 is 0 Å². The third kappa shape index (κ3) is 1.55. The summed E-state index contributed by atoms with van der Waals surface area (Å²) in [5.41, 5.74) is 0.679. The number of hydrogen-bond donors (Lipinski definition) is 0. The normalized spacial score (nSPS) is 8.44. The topological polar surface area (TPSA) is 4.36 Å². The van der Waals surface area contributed by atoms with E-state index in [1.807, 2.05) is 12.1 Å². The maximum absolute atomic E-state index is 6.62. The first-order valence-corrected chi connectivity index (χ1v) is 3.25. The zero-order valence-electron chi connectivity index (χ0n) is 4.63. The first kappa shape index (κ1) is 6.31. The Hall–Kier alpha value is -0.810. The molecule has 1 nitrogen and oxygen atoms in total. The van der Waals surface area contributed by atoms with Crippen LogP contribution in [-0.2, 0) is 0 Å². The fourth-order valence-corrected chi connectivity index (χ4v) is 0.780. The zero-order valence-corrected chi connectivity index (χ0v) is 6.22. The van der Waals surface area contributed by atoms with Crippen LogP contribution in [-0.4, -0.2) is 0 Å². The van der Waals surface area contributed by atoms with Gasteiger partial charge in [-0.15, -0.1) is 0 Å². The predicted octanol–water partition coefficient (Wildman–Crippen LogP) is 3.00. The monoisotopic (exact) mass is 181 g/mol. The average molecular weight is 182 g/mol. The molecule has 0 aromatic heterocycles. The molecule has 0 spiro atoms. The summed E-state index contributed by atoms with van der Waals surface area (Å²) in [5.74, 6) is 0. The molecule has 0 aliphatic carbocycles. The minimum Gasteiger partial charge on any atom is -0.238 e. The molecular formula is C7H4BrN. The van der Waals surface area contributed by atoms with Crippen LogP contribution in [0.15, 0.2) is 28.7 Å². The molecule has 0 atom stereocenters. The summed E-state index contributed by atoms with van der Waals surface area (Å²) in [6, 6.07) is 7.26. The van der Waals surface area contributed by atoms with Crippen LogP contribution in [0.25, 0.3) is 4.85 Å². The summed E-state index contributed by atoms with van der Waals surface area (Å²) >= 11 is 3.27. The lowest BCUT2D eigenvalue weighted by atomic mass is 10.3. The van der Waals surface area contributed by atoms with Gasteiger partial charge in [0.15, 0.2) is 5.69 Å². The minimum atomic E-state index is 0.679. The second kappa shape index (κ2) is 2.65. The van der Waals surface area contributed by atoms with E-state index in [0.717, 1.165) is 4.47 Å². The van der Waals surface area contributed by atoms with Gasteiger partial charge in [0.05, 0.1) is 6.57 Å². The fraction of sp³-hybridized carbons (Fsp3) is 0. The molecule has 0 aliphatic rings. The third-order valence-electron chi connectivity index (χ3n) is 0.956. The van der Waals surface area contributed by atoms with Crippen molar-refractivity contribution in [1.29, 1.82) is 0 Å². The number of hydrogen-bond acceptors (Lipinski definition) is 0. The Bertz CT molecular complexity index is 232. The largest absolute Gasteiger partial charge is 0.238 e. The Kier molecular flexibility index (Phi) is 1.86. The van der Waals surface area contributed by atoms with Crippen LogP contribution in [0.4, 0.5) is 5.69 Å². The molecule has 0 bridgehead atoms. The molecule has 0 radical (unpaired) electrons. The molecule has 0 N–H and O–H groups in total. The first-order chi connectivity index (χ1) is 4.33. The van der Waals surface area contributed by atoms with E-state index < -0.39 is 0 Å². The standard InChI is InChI=1S/C7H4BrN/c1-9-7-4-2-6(8)3-5-7/h2-5H. The van der Waals surface area contributed by atoms with E-state index in [0.29, 0.717) is 5.69 Å². The Labute approximate surface area is 62.3 Å². The molecule has 1 aromatic carbocycles. The van der Waals surface area contributed by atoms with Crippen LogP contribution in [0, 0.1) is 6.57 Å². The number of benzene rings is 1. The van der Waals surface area contributed by atoms with Gasteiger partial charge in [-0.1, -0.05) is 40.2 Å². The number of halogens is 1.